The van der Waals surface area contributed by atoms with Crippen molar-refractivity contribution in [2.45, 2.75) is 64.3 Å². The fraction of sp³-hybridized carbons (Fsp3) is 0.619. The van der Waals surface area contributed by atoms with Gasteiger partial charge in [-0.2, -0.15) is 0 Å². The monoisotopic (exact) mass is 338 g/mol. The van der Waals surface area contributed by atoms with Crippen molar-refractivity contribution in [3.05, 3.63) is 29.0 Å². The van der Waals surface area contributed by atoms with E-state index in [-0.39, 0.29) is 11.4 Å². The second kappa shape index (κ2) is 5.33. The summed E-state index contributed by atoms with van der Waals surface area (Å²) in [6.45, 7) is 4.10. The maximum Gasteiger partial charge on any atom is 0.226 e. The summed E-state index contributed by atoms with van der Waals surface area (Å²) in [5.41, 5.74) is 3.90. The van der Waals surface area contributed by atoms with Gasteiger partial charge in [-0.15, -0.1) is 0 Å². The molecule has 0 spiro atoms. The first-order valence-electron chi connectivity index (χ1n) is 9.66. The normalized spacial score (nSPS) is 33.1. The predicted octanol–water partition coefficient (Wildman–Crippen LogP) is 4.07. The summed E-state index contributed by atoms with van der Waals surface area (Å²) in [6, 6.07) is 4.17. The lowest BCUT2D eigenvalue weighted by Crippen LogP contribution is -2.60. The zero-order valence-corrected chi connectivity index (χ0v) is 15.1. The number of aromatic nitrogens is 1. The molecule has 4 saturated carbocycles. The second-order valence-electron chi connectivity index (χ2n) is 9.01. The van der Waals surface area contributed by atoms with Crippen molar-refractivity contribution in [1.82, 2.24) is 10.5 Å². The van der Waals surface area contributed by atoms with Crippen LogP contribution in [0.3, 0.4) is 0 Å². The Hall–Kier alpha value is -1.84. The number of rotatable bonds is 3. The zero-order chi connectivity index (χ0) is 17.2. The van der Waals surface area contributed by atoms with Crippen LogP contribution in [0.25, 0.3) is 11.0 Å². The van der Waals surface area contributed by atoms with E-state index in [1.165, 1.54) is 44.1 Å². The molecule has 4 bridgehead atoms. The molecular formula is C21H26N2O2. The average molecular weight is 338 g/mol. The van der Waals surface area contributed by atoms with Crippen molar-refractivity contribution < 1.29 is 9.32 Å². The van der Waals surface area contributed by atoms with Crippen molar-refractivity contribution in [2.24, 2.45) is 17.8 Å². The zero-order valence-electron chi connectivity index (χ0n) is 15.1. The molecule has 1 aromatic heterocycles. The summed E-state index contributed by atoms with van der Waals surface area (Å²) >= 11 is 0. The minimum atomic E-state index is 0.0667. The Morgan fingerprint density at radius 1 is 1.16 bits per heavy atom. The van der Waals surface area contributed by atoms with Gasteiger partial charge in [0.25, 0.3) is 0 Å². The fourth-order valence-corrected chi connectivity index (χ4v) is 6.32. The molecule has 0 saturated heterocycles. The molecule has 132 valence electrons. The molecule has 0 radical (unpaired) electrons. The summed E-state index contributed by atoms with van der Waals surface area (Å²) in [5.74, 6) is 2.62. The summed E-state index contributed by atoms with van der Waals surface area (Å²) < 4.78 is 5.50. The van der Waals surface area contributed by atoms with Crippen LogP contribution >= 0.6 is 0 Å². The van der Waals surface area contributed by atoms with Gasteiger partial charge in [-0.25, -0.2) is 0 Å². The molecule has 1 aromatic carbocycles. The summed E-state index contributed by atoms with van der Waals surface area (Å²) in [7, 11) is 0. The molecule has 4 heteroatoms. The number of aryl methyl sites for hydroxylation is 2. The molecule has 1 N–H and O–H groups in total. The van der Waals surface area contributed by atoms with Crippen LogP contribution in [0.5, 0.6) is 0 Å². The summed E-state index contributed by atoms with van der Waals surface area (Å²) in [4.78, 5) is 12.8. The topological polar surface area (TPSA) is 55.1 Å². The number of nitrogens with zero attached hydrogens (tertiary/aromatic N) is 1. The maximum absolute atomic E-state index is 12.8. The quantitative estimate of drug-likeness (QED) is 0.918. The van der Waals surface area contributed by atoms with Crippen LogP contribution in [0.4, 0.5) is 0 Å². The van der Waals surface area contributed by atoms with E-state index in [9.17, 15) is 4.79 Å². The van der Waals surface area contributed by atoms with Crippen LogP contribution < -0.4 is 5.32 Å². The van der Waals surface area contributed by atoms with Gasteiger partial charge in [0, 0.05) is 10.9 Å². The Morgan fingerprint density at radius 2 is 1.80 bits per heavy atom. The van der Waals surface area contributed by atoms with Gasteiger partial charge in [0.2, 0.25) is 5.91 Å². The van der Waals surface area contributed by atoms with E-state index in [0.717, 1.165) is 40.0 Å². The van der Waals surface area contributed by atoms with Crippen LogP contribution in [0, 0.1) is 31.6 Å². The molecule has 0 atom stereocenters. The first kappa shape index (κ1) is 15.4. The van der Waals surface area contributed by atoms with Crippen LogP contribution in [0.1, 0.15) is 55.3 Å². The first-order chi connectivity index (χ1) is 12.0. The Bertz CT molecular complexity index is 816. The SMILES string of the molecule is Cc1cc(C)c2onc(CC(=O)NC34CC5CC(CC(C5)C3)C4)c2c1. The average Bonchev–Trinajstić information content (AvgIpc) is 2.88. The van der Waals surface area contributed by atoms with Gasteiger partial charge in [0.05, 0.1) is 6.42 Å². The van der Waals surface area contributed by atoms with Gasteiger partial charge >= 0.3 is 0 Å². The lowest BCUT2D eigenvalue weighted by Gasteiger charge is -2.56. The molecule has 2 aromatic rings. The van der Waals surface area contributed by atoms with Gasteiger partial charge in [0.15, 0.2) is 5.58 Å². The lowest BCUT2D eigenvalue weighted by molar-refractivity contribution is -0.126. The molecular weight excluding hydrogens is 312 g/mol. The van der Waals surface area contributed by atoms with Gasteiger partial charge < -0.3 is 9.84 Å². The standard InChI is InChI=1S/C21H26N2O2/c1-12-3-13(2)20-17(4-12)18(23-25-20)8-19(24)22-21-9-14-5-15(10-21)7-16(6-14)11-21/h3-4,14-16H,5-11H2,1-2H3,(H,22,24). The Kier molecular flexibility index (Phi) is 3.28. The molecule has 6 rings (SSSR count). The van der Waals surface area contributed by atoms with Crippen molar-refractivity contribution in [3.63, 3.8) is 0 Å². The van der Waals surface area contributed by atoms with Gasteiger partial charge in [-0.3, -0.25) is 4.79 Å². The van der Waals surface area contributed by atoms with Crippen LogP contribution in [-0.4, -0.2) is 16.6 Å². The van der Waals surface area contributed by atoms with Crippen LogP contribution in [0.15, 0.2) is 16.7 Å². The molecule has 4 aliphatic rings. The number of hydrogen-bond donors (Lipinski definition) is 1. The van der Waals surface area contributed by atoms with Gasteiger partial charge in [-0.05, 0) is 87.3 Å². The van der Waals surface area contributed by atoms with Gasteiger partial charge in [-0.1, -0.05) is 11.2 Å². The summed E-state index contributed by atoms with van der Waals surface area (Å²) in [5, 5.41) is 8.62. The molecule has 4 fully saturated rings. The Labute approximate surface area is 148 Å². The summed E-state index contributed by atoms with van der Waals surface area (Å²) in [6.07, 6.45) is 8.04. The largest absolute Gasteiger partial charge is 0.356 e. The third-order valence-corrected chi connectivity index (χ3v) is 6.75. The molecule has 0 aliphatic heterocycles. The number of nitrogens with one attached hydrogen (secondary N) is 1. The van der Waals surface area contributed by atoms with Crippen molar-refractivity contribution in [2.75, 3.05) is 0 Å². The number of carbonyl (C=O) groups is 1. The minimum Gasteiger partial charge on any atom is -0.356 e. The van der Waals surface area contributed by atoms with Crippen LogP contribution in [-0.2, 0) is 11.2 Å². The highest BCUT2D eigenvalue weighted by Crippen LogP contribution is 2.55. The van der Waals surface area contributed by atoms with Crippen molar-refractivity contribution in [3.8, 4) is 0 Å². The number of fused-ring (bicyclic) bond motifs is 1. The first-order valence-corrected chi connectivity index (χ1v) is 9.66. The van der Waals surface area contributed by atoms with Crippen molar-refractivity contribution in [1.29, 1.82) is 0 Å². The third kappa shape index (κ3) is 2.57. The second-order valence-corrected chi connectivity index (χ2v) is 9.01. The smallest absolute Gasteiger partial charge is 0.226 e. The number of amides is 1. The lowest BCUT2D eigenvalue weighted by atomic mass is 9.53. The van der Waals surface area contributed by atoms with E-state index in [1.807, 2.05) is 6.92 Å². The van der Waals surface area contributed by atoms with Crippen molar-refractivity contribution >= 4 is 16.9 Å². The molecule has 1 heterocycles. The van der Waals surface area contributed by atoms with E-state index in [1.54, 1.807) is 0 Å². The van der Waals surface area contributed by atoms with E-state index >= 15 is 0 Å². The van der Waals surface area contributed by atoms with Crippen LogP contribution in [0.2, 0.25) is 0 Å². The third-order valence-electron chi connectivity index (χ3n) is 6.75. The molecule has 1 amide bonds. The Balaban J connectivity index is 1.36. The Morgan fingerprint density at radius 3 is 2.44 bits per heavy atom. The number of benzene rings is 1. The minimum absolute atomic E-state index is 0.0667. The molecule has 25 heavy (non-hydrogen) atoms. The fourth-order valence-electron chi connectivity index (χ4n) is 6.32. The highest BCUT2D eigenvalue weighted by atomic mass is 16.5. The molecule has 4 nitrogen and oxygen atoms in total. The highest BCUT2D eigenvalue weighted by molar-refractivity contribution is 5.88. The molecule has 4 aliphatic carbocycles. The van der Waals surface area contributed by atoms with Gasteiger partial charge in [0.1, 0.15) is 5.69 Å². The maximum atomic E-state index is 12.8. The number of hydrogen-bond acceptors (Lipinski definition) is 3. The van der Waals surface area contributed by atoms with E-state index in [4.69, 9.17) is 4.52 Å². The molecule has 0 unspecified atom stereocenters. The number of carbonyl (C=O) groups excluding carboxylic acids is 1. The predicted molar refractivity (Wildman–Crippen MR) is 96.2 cm³/mol. The van der Waals surface area contributed by atoms with E-state index in [2.05, 4.69) is 29.5 Å². The van der Waals surface area contributed by atoms with E-state index < -0.39 is 0 Å². The highest BCUT2D eigenvalue weighted by Gasteiger charge is 2.51. The van der Waals surface area contributed by atoms with E-state index in [0.29, 0.717) is 6.42 Å².